The summed E-state index contributed by atoms with van der Waals surface area (Å²) in [7, 11) is 0. The van der Waals surface area contributed by atoms with Gasteiger partial charge in [-0.25, -0.2) is 4.79 Å². The van der Waals surface area contributed by atoms with Crippen molar-refractivity contribution in [2.24, 2.45) is 0 Å². The van der Waals surface area contributed by atoms with Crippen LogP contribution < -0.4 is 16.0 Å². The van der Waals surface area contributed by atoms with E-state index in [4.69, 9.17) is 0 Å². The molecule has 0 saturated carbocycles. The Morgan fingerprint density at radius 1 is 1.05 bits per heavy atom. The highest BCUT2D eigenvalue weighted by Crippen LogP contribution is 2.40. The number of aliphatic hydroxyl groups excluding tert-OH is 1. The number of thioether (sulfide) groups is 1. The standard InChI is InChI=1S/C28H38N4O4S/c1-18(2)30-27(36)31-22(15-20-12-7-6-8-13-20)23(33)26(35)32-17-37-28(4,5)24(32)25(34)29-16-21-14-10-9-11-19(21)3/h6-14,18,22-24,33H,15-17H2,1-5H3,(H,29,34)(H2,30,31,36)/t22?,23-,24?/m0/s1. The zero-order valence-electron chi connectivity index (χ0n) is 22.2. The number of carbonyl (C=O) groups excluding carboxylic acids is 3. The number of hydrogen-bond donors (Lipinski definition) is 4. The Hall–Kier alpha value is -3.04. The van der Waals surface area contributed by atoms with E-state index in [0.717, 1.165) is 16.7 Å². The molecule has 0 bridgehead atoms. The second-order valence-corrected chi connectivity index (χ2v) is 11.8. The molecular weight excluding hydrogens is 488 g/mol. The maximum absolute atomic E-state index is 13.6. The van der Waals surface area contributed by atoms with Crippen molar-refractivity contribution in [3.8, 4) is 0 Å². The van der Waals surface area contributed by atoms with E-state index in [1.54, 1.807) is 0 Å². The smallest absolute Gasteiger partial charge is 0.315 e. The van der Waals surface area contributed by atoms with E-state index in [9.17, 15) is 19.5 Å². The predicted octanol–water partition coefficient (Wildman–Crippen LogP) is 2.97. The first-order chi connectivity index (χ1) is 17.5. The van der Waals surface area contributed by atoms with Gasteiger partial charge in [0.25, 0.3) is 5.91 Å². The molecule has 2 aromatic rings. The largest absolute Gasteiger partial charge is 0.381 e. The van der Waals surface area contributed by atoms with Crippen molar-refractivity contribution in [1.82, 2.24) is 20.9 Å². The number of aryl methyl sites for hydroxylation is 1. The first kappa shape index (κ1) is 28.5. The number of aliphatic hydroxyl groups is 1. The number of hydrogen-bond acceptors (Lipinski definition) is 5. The van der Waals surface area contributed by atoms with E-state index in [-0.39, 0.29) is 24.2 Å². The molecule has 4 amide bonds. The minimum atomic E-state index is -1.53. The number of amides is 4. The van der Waals surface area contributed by atoms with Gasteiger partial charge in [-0.2, -0.15) is 0 Å². The van der Waals surface area contributed by atoms with Crippen molar-refractivity contribution in [2.45, 2.75) is 76.6 Å². The number of carbonyl (C=O) groups is 3. The zero-order valence-corrected chi connectivity index (χ0v) is 23.0. The van der Waals surface area contributed by atoms with E-state index >= 15 is 0 Å². The molecule has 3 rings (SSSR count). The minimum absolute atomic E-state index is 0.109. The van der Waals surface area contributed by atoms with Gasteiger partial charge >= 0.3 is 6.03 Å². The lowest BCUT2D eigenvalue weighted by Crippen LogP contribution is -2.59. The van der Waals surface area contributed by atoms with E-state index < -0.39 is 34.9 Å². The highest BCUT2D eigenvalue weighted by Gasteiger charge is 2.49. The Morgan fingerprint density at radius 2 is 1.70 bits per heavy atom. The zero-order chi connectivity index (χ0) is 27.2. The van der Waals surface area contributed by atoms with Gasteiger partial charge in [0.1, 0.15) is 6.04 Å². The summed E-state index contributed by atoms with van der Waals surface area (Å²) in [6, 6.07) is 14.9. The van der Waals surface area contributed by atoms with Gasteiger partial charge in [0.05, 0.1) is 11.9 Å². The second kappa shape index (κ2) is 12.5. The molecule has 3 atom stereocenters. The summed E-state index contributed by atoms with van der Waals surface area (Å²) in [5.74, 6) is -0.592. The molecule has 2 aromatic carbocycles. The molecule has 1 aliphatic rings. The van der Waals surface area contributed by atoms with Crippen LogP contribution in [0.1, 0.15) is 44.4 Å². The van der Waals surface area contributed by atoms with Crippen LogP contribution in [0.5, 0.6) is 0 Å². The van der Waals surface area contributed by atoms with Crippen molar-refractivity contribution < 1.29 is 19.5 Å². The number of nitrogens with zero attached hydrogens (tertiary/aromatic N) is 1. The third kappa shape index (κ3) is 7.49. The lowest BCUT2D eigenvalue weighted by atomic mass is 9.97. The minimum Gasteiger partial charge on any atom is -0.381 e. The van der Waals surface area contributed by atoms with E-state index in [0.29, 0.717) is 6.54 Å². The molecule has 1 aliphatic heterocycles. The van der Waals surface area contributed by atoms with Crippen LogP contribution in [-0.2, 0) is 22.6 Å². The van der Waals surface area contributed by atoms with Gasteiger partial charge in [-0.05, 0) is 57.7 Å². The molecule has 4 N–H and O–H groups in total. The summed E-state index contributed by atoms with van der Waals surface area (Å²) in [5, 5.41) is 19.7. The molecule has 0 spiro atoms. The first-order valence-corrected chi connectivity index (χ1v) is 13.5. The Morgan fingerprint density at radius 3 is 2.35 bits per heavy atom. The van der Waals surface area contributed by atoms with Gasteiger partial charge in [0.15, 0.2) is 6.10 Å². The molecule has 200 valence electrons. The Kier molecular flexibility index (Phi) is 9.62. The van der Waals surface area contributed by atoms with Crippen LogP contribution in [0.25, 0.3) is 0 Å². The molecule has 0 radical (unpaired) electrons. The molecular formula is C28H38N4O4S. The molecule has 8 nitrogen and oxygen atoms in total. The lowest BCUT2D eigenvalue weighted by molar-refractivity contribution is -0.147. The molecule has 9 heteroatoms. The molecule has 1 fully saturated rings. The van der Waals surface area contributed by atoms with E-state index in [1.165, 1.54) is 16.7 Å². The fourth-order valence-corrected chi connectivity index (χ4v) is 5.56. The highest BCUT2D eigenvalue weighted by atomic mass is 32.2. The van der Waals surface area contributed by atoms with Gasteiger partial charge in [0, 0.05) is 17.3 Å². The number of benzene rings is 2. The van der Waals surface area contributed by atoms with Crippen LogP contribution in [-0.4, -0.2) is 62.7 Å². The summed E-state index contributed by atoms with van der Waals surface area (Å²) in [5.41, 5.74) is 2.94. The molecule has 1 saturated heterocycles. The quantitative estimate of drug-likeness (QED) is 0.402. The van der Waals surface area contributed by atoms with Gasteiger partial charge in [-0.3, -0.25) is 9.59 Å². The summed E-state index contributed by atoms with van der Waals surface area (Å²) in [4.78, 5) is 40.9. The third-order valence-electron chi connectivity index (χ3n) is 6.46. The summed E-state index contributed by atoms with van der Waals surface area (Å²) >= 11 is 1.49. The van der Waals surface area contributed by atoms with Gasteiger partial charge < -0.3 is 26.0 Å². The average molecular weight is 527 g/mol. The van der Waals surface area contributed by atoms with Gasteiger partial charge in [-0.1, -0.05) is 54.6 Å². The summed E-state index contributed by atoms with van der Waals surface area (Å²) in [6.07, 6.45) is -1.27. The van der Waals surface area contributed by atoms with Gasteiger partial charge in [0.2, 0.25) is 5.91 Å². The molecule has 0 aromatic heterocycles. The van der Waals surface area contributed by atoms with Crippen LogP contribution >= 0.6 is 11.8 Å². The molecule has 0 aliphatic carbocycles. The van der Waals surface area contributed by atoms with Crippen molar-refractivity contribution in [2.75, 3.05) is 5.88 Å². The van der Waals surface area contributed by atoms with Gasteiger partial charge in [-0.15, -0.1) is 11.8 Å². The summed E-state index contributed by atoms with van der Waals surface area (Å²) in [6.45, 7) is 9.84. The normalized spacial score (nSPS) is 18.2. The highest BCUT2D eigenvalue weighted by molar-refractivity contribution is 8.00. The van der Waals surface area contributed by atoms with E-state index in [1.807, 2.05) is 89.2 Å². The third-order valence-corrected chi connectivity index (χ3v) is 7.83. The Balaban J connectivity index is 1.78. The number of urea groups is 1. The maximum atomic E-state index is 13.6. The van der Waals surface area contributed by atoms with Crippen LogP contribution in [0.2, 0.25) is 0 Å². The van der Waals surface area contributed by atoms with Crippen molar-refractivity contribution in [1.29, 1.82) is 0 Å². The number of rotatable bonds is 9. The topological polar surface area (TPSA) is 111 Å². The summed E-state index contributed by atoms with van der Waals surface area (Å²) < 4.78 is -0.553. The second-order valence-electron chi connectivity index (χ2n) is 10.2. The first-order valence-electron chi connectivity index (χ1n) is 12.5. The monoisotopic (exact) mass is 526 g/mol. The van der Waals surface area contributed by atoms with Crippen LogP contribution in [0.4, 0.5) is 4.79 Å². The molecule has 1 heterocycles. The van der Waals surface area contributed by atoms with Crippen LogP contribution in [0.3, 0.4) is 0 Å². The predicted molar refractivity (Wildman–Crippen MR) is 147 cm³/mol. The average Bonchev–Trinajstić information content (AvgIpc) is 3.17. The van der Waals surface area contributed by atoms with Crippen LogP contribution in [0.15, 0.2) is 54.6 Å². The number of nitrogens with one attached hydrogen (secondary N) is 3. The Bertz CT molecular complexity index is 1090. The lowest BCUT2D eigenvalue weighted by Gasteiger charge is -2.33. The van der Waals surface area contributed by atoms with E-state index in [2.05, 4.69) is 16.0 Å². The molecule has 2 unspecified atom stereocenters. The SMILES string of the molecule is Cc1ccccc1CNC(=O)C1N(C(=O)[C@@H](O)C(Cc2ccccc2)NC(=O)NC(C)C)CSC1(C)C. The van der Waals surface area contributed by atoms with Crippen molar-refractivity contribution in [3.05, 3.63) is 71.3 Å². The van der Waals surface area contributed by atoms with Crippen LogP contribution in [0, 0.1) is 6.92 Å². The molecule has 37 heavy (non-hydrogen) atoms. The fourth-order valence-electron chi connectivity index (χ4n) is 4.42. The Labute approximate surface area is 223 Å². The van der Waals surface area contributed by atoms with Crippen molar-refractivity contribution in [3.63, 3.8) is 0 Å². The van der Waals surface area contributed by atoms with Crippen molar-refractivity contribution >= 4 is 29.6 Å². The maximum Gasteiger partial charge on any atom is 0.315 e. The fraction of sp³-hybridized carbons (Fsp3) is 0.464.